The first kappa shape index (κ1) is 28.2. The first-order chi connectivity index (χ1) is 15.6. The van der Waals surface area contributed by atoms with Crippen LogP contribution in [0.1, 0.15) is 62.2 Å². The van der Waals surface area contributed by atoms with Crippen LogP contribution in [0, 0.1) is 11.8 Å². The summed E-state index contributed by atoms with van der Waals surface area (Å²) >= 11 is 0. The zero-order chi connectivity index (χ0) is 24.4. The van der Waals surface area contributed by atoms with Crippen molar-refractivity contribution in [3.63, 3.8) is 0 Å². The van der Waals surface area contributed by atoms with Crippen LogP contribution in [0.5, 0.6) is 0 Å². The first-order valence-corrected chi connectivity index (χ1v) is 10.5. The highest BCUT2D eigenvalue weighted by Gasteiger charge is 2.23. The highest BCUT2D eigenvalue weighted by atomic mass is 16.6. The van der Waals surface area contributed by atoms with Gasteiger partial charge in [-0.15, -0.1) is 0 Å². The Morgan fingerprint density at radius 1 is 0.971 bits per heavy atom. The summed E-state index contributed by atoms with van der Waals surface area (Å²) in [5.41, 5.74) is 3.91. The predicted octanol–water partition coefficient (Wildman–Crippen LogP) is 3.41. The smallest absolute Gasteiger partial charge is 0.407 e. The van der Waals surface area contributed by atoms with E-state index < -0.39 is 29.6 Å². The quantitative estimate of drug-likeness (QED) is 0.295. The van der Waals surface area contributed by atoms with Crippen molar-refractivity contribution in [1.82, 2.24) is 16.1 Å². The molecule has 0 saturated carbocycles. The molecule has 4 N–H and O–H groups in total. The van der Waals surface area contributed by atoms with Crippen molar-refractivity contribution >= 4 is 17.9 Å². The molecule has 0 saturated heterocycles. The first-order valence-electron chi connectivity index (χ1n) is 10.5. The summed E-state index contributed by atoms with van der Waals surface area (Å²) in [5, 5.41) is 13.8. The van der Waals surface area contributed by atoms with E-state index in [1.807, 2.05) is 24.3 Å². The molecule has 2 aromatic rings. The van der Waals surface area contributed by atoms with Crippen LogP contribution in [-0.2, 0) is 16.0 Å². The van der Waals surface area contributed by atoms with E-state index in [4.69, 9.17) is 9.94 Å². The highest BCUT2D eigenvalue weighted by Crippen LogP contribution is 2.08. The second-order valence-electron chi connectivity index (χ2n) is 8.26. The molecule has 0 bridgehead atoms. The van der Waals surface area contributed by atoms with Gasteiger partial charge in [-0.1, -0.05) is 38.3 Å². The SMILES string of the molecule is C.CCc1ccc(C#Cc2ccc(C(=O)N[C@@H](CNC(=O)OC(C)(C)C)C(=O)NO)cc2)cc1. The summed E-state index contributed by atoms with van der Waals surface area (Å²) in [5.74, 6) is 4.69. The van der Waals surface area contributed by atoms with Gasteiger partial charge >= 0.3 is 6.09 Å². The minimum Gasteiger partial charge on any atom is -0.444 e. The number of hydroxylamine groups is 1. The highest BCUT2D eigenvalue weighted by molar-refractivity contribution is 5.97. The molecule has 1 atom stereocenters. The maximum absolute atomic E-state index is 12.5. The zero-order valence-corrected chi connectivity index (χ0v) is 19.2. The van der Waals surface area contributed by atoms with Crippen LogP contribution in [0.2, 0.25) is 0 Å². The third-order valence-electron chi connectivity index (χ3n) is 4.44. The number of rotatable bonds is 6. The van der Waals surface area contributed by atoms with Crippen LogP contribution in [0.15, 0.2) is 48.5 Å². The molecule has 0 unspecified atom stereocenters. The van der Waals surface area contributed by atoms with E-state index in [-0.39, 0.29) is 14.0 Å². The second-order valence-corrected chi connectivity index (χ2v) is 8.26. The molecule has 2 rings (SSSR count). The van der Waals surface area contributed by atoms with Gasteiger partial charge in [-0.05, 0) is 69.2 Å². The third kappa shape index (κ3) is 9.35. The number of alkyl carbamates (subject to hydrolysis) is 1. The van der Waals surface area contributed by atoms with Crippen LogP contribution in [-0.4, -0.2) is 41.3 Å². The maximum atomic E-state index is 12.5. The number of carbonyl (C=O) groups excluding carboxylic acids is 3. The van der Waals surface area contributed by atoms with Gasteiger partial charge in [-0.3, -0.25) is 14.8 Å². The molecule has 0 heterocycles. The molecule has 2 aromatic carbocycles. The number of nitrogens with one attached hydrogen (secondary N) is 3. The van der Waals surface area contributed by atoms with E-state index in [2.05, 4.69) is 29.4 Å². The molecule has 0 aromatic heterocycles. The van der Waals surface area contributed by atoms with Crippen LogP contribution in [0.3, 0.4) is 0 Å². The van der Waals surface area contributed by atoms with E-state index in [0.29, 0.717) is 5.56 Å². The van der Waals surface area contributed by atoms with Gasteiger partial charge in [-0.2, -0.15) is 0 Å². The monoisotopic (exact) mass is 467 g/mol. The molecule has 182 valence electrons. The molecule has 0 aliphatic heterocycles. The summed E-state index contributed by atoms with van der Waals surface area (Å²) in [7, 11) is 0. The fourth-order valence-electron chi connectivity index (χ4n) is 2.70. The van der Waals surface area contributed by atoms with Crippen molar-refractivity contribution in [2.24, 2.45) is 0 Å². The van der Waals surface area contributed by atoms with Crippen LogP contribution < -0.4 is 16.1 Å². The average Bonchev–Trinajstić information content (AvgIpc) is 2.79. The lowest BCUT2D eigenvalue weighted by Gasteiger charge is -2.21. The molecule has 0 aliphatic carbocycles. The van der Waals surface area contributed by atoms with Crippen molar-refractivity contribution in [2.75, 3.05) is 6.54 Å². The lowest BCUT2D eigenvalue weighted by molar-refractivity contribution is -0.131. The Kier molecular flexibility index (Phi) is 10.8. The Morgan fingerprint density at radius 3 is 1.97 bits per heavy atom. The standard InChI is InChI=1S/C25H29N3O5.CH4/c1-5-17-6-8-18(9-7-17)10-11-19-12-14-20(15-13-19)22(29)27-21(23(30)28-32)16-26-24(31)33-25(2,3)4;/h6-9,12-15,21,32H,5,16H2,1-4H3,(H,26,31)(H,27,29)(H,28,30);1H4/t21-;/m0./s1. The molecular formula is C26H33N3O5. The van der Waals surface area contributed by atoms with Gasteiger partial charge in [0.2, 0.25) is 0 Å². The summed E-state index contributed by atoms with van der Waals surface area (Å²) in [6.45, 7) is 6.91. The van der Waals surface area contributed by atoms with Crippen molar-refractivity contribution in [3.8, 4) is 11.8 Å². The normalized spacial score (nSPS) is 11.1. The number of benzene rings is 2. The Balaban J connectivity index is 0.00000578. The minimum atomic E-state index is -1.21. The van der Waals surface area contributed by atoms with Crippen LogP contribution >= 0.6 is 0 Å². The zero-order valence-electron chi connectivity index (χ0n) is 19.2. The van der Waals surface area contributed by atoms with Crippen molar-refractivity contribution in [2.45, 2.75) is 53.2 Å². The van der Waals surface area contributed by atoms with Gasteiger partial charge < -0.3 is 15.4 Å². The molecule has 8 heteroatoms. The maximum Gasteiger partial charge on any atom is 0.407 e. The molecule has 0 aliphatic rings. The molecule has 8 nitrogen and oxygen atoms in total. The lowest BCUT2D eigenvalue weighted by atomic mass is 10.1. The molecule has 34 heavy (non-hydrogen) atoms. The van der Waals surface area contributed by atoms with Gasteiger partial charge in [0.1, 0.15) is 11.6 Å². The predicted molar refractivity (Wildman–Crippen MR) is 130 cm³/mol. The number of carbonyl (C=O) groups is 3. The second kappa shape index (κ2) is 13.0. The molecular weight excluding hydrogens is 434 g/mol. The van der Waals surface area contributed by atoms with Crippen LogP contribution in [0.25, 0.3) is 0 Å². The number of ether oxygens (including phenoxy) is 1. The molecule has 0 fully saturated rings. The van der Waals surface area contributed by atoms with Gasteiger partial charge in [0.25, 0.3) is 11.8 Å². The van der Waals surface area contributed by atoms with Gasteiger partial charge in [0.05, 0.1) is 6.54 Å². The van der Waals surface area contributed by atoms with Gasteiger partial charge in [0.15, 0.2) is 0 Å². The summed E-state index contributed by atoms with van der Waals surface area (Å²) in [6, 6.07) is 13.3. The van der Waals surface area contributed by atoms with Crippen molar-refractivity contribution in [1.29, 1.82) is 0 Å². The van der Waals surface area contributed by atoms with Crippen LogP contribution in [0.4, 0.5) is 4.79 Å². The Labute approximate surface area is 201 Å². The lowest BCUT2D eigenvalue weighted by Crippen LogP contribution is -2.52. The fourth-order valence-corrected chi connectivity index (χ4v) is 2.70. The number of aryl methyl sites for hydroxylation is 1. The fraction of sp³-hybridized carbons (Fsp3) is 0.346. The summed E-state index contributed by atoms with van der Waals surface area (Å²) in [4.78, 5) is 36.3. The van der Waals surface area contributed by atoms with E-state index in [9.17, 15) is 14.4 Å². The largest absolute Gasteiger partial charge is 0.444 e. The molecule has 3 amide bonds. The molecule has 0 radical (unpaired) electrons. The van der Waals surface area contributed by atoms with E-state index in [1.165, 1.54) is 11.0 Å². The number of amides is 3. The van der Waals surface area contributed by atoms with E-state index in [1.54, 1.807) is 45.0 Å². The Hall–Kier alpha value is -3.83. The topological polar surface area (TPSA) is 117 Å². The summed E-state index contributed by atoms with van der Waals surface area (Å²) < 4.78 is 5.10. The summed E-state index contributed by atoms with van der Waals surface area (Å²) in [6.07, 6.45) is 0.217. The third-order valence-corrected chi connectivity index (χ3v) is 4.44. The number of hydrogen-bond acceptors (Lipinski definition) is 5. The molecule has 0 spiro atoms. The van der Waals surface area contributed by atoms with Gasteiger partial charge in [0, 0.05) is 16.7 Å². The Morgan fingerprint density at radius 2 is 1.50 bits per heavy atom. The Bertz CT molecular complexity index is 1030. The van der Waals surface area contributed by atoms with Gasteiger partial charge in [-0.25, -0.2) is 10.3 Å². The van der Waals surface area contributed by atoms with E-state index in [0.717, 1.165) is 17.5 Å². The van der Waals surface area contributed by atoms with Crippen molar-refractivity contribution in [3.05, 3.63) is 70.8 Å². The minimum absolute atomic E-state index is 0. The van der Waals surface area contributed by atoms with Crippen molar-refractivity contribution < 1.29 is 24.3 Å². The van der Waals surface area contributed by atoms with E-state index >= 15 is 0 Å². The number of hydrogen-bond donors (Lipinski definition) is 4. The average molecular weight is 468 g/mol.